The quantitative estimate of drug-likeness (QED) is 0.715. The molecule has 0 spiro atoms. The van der Waals surface area contributed by atoms with Crippen LogP contribution in [0.25, 0.3) is 0 Å². The van der Waals surface area contributed by atoms with E-state index in [1.54, 1.807) is 0 Å². The molecule has 5 heteroatoms. The highest BCUT2D eigenvalue weighted by molar-refractivity contribution is 5.77. The van der Waals surface area contributed by atoms with Crippen molar-refractivity contribution >= 4 is 12.0 Å². The summed E-state index contributed by atoms with van der Waals surface area (Å²) in [4.78, 5) is 13.9. The SMILES string of the molecule is Cc1c(C=O)ncc(C(F)F)c1N. The Bertz CT molecular complexity index is 339. The molecule has 3 nitrogen and oxygen atoms in total. The molecule has 0 amide bonds. The molecule has 0 aromatic carbocycles. The molecule has 0 fully saturated rings. The number of nitrogens with two attached hydrogens (primary N) is 1. The number of nitrogens with zero attached hydrogens (tertiary/aromatic N) is 1. The number of pyridine rings is 1. The van der Waals surface area contributed by atoms with E-state index in [9.17, 15) is 13.6 Å². The van der Waals surface area contributed by atoms with Crippen LogP contribution in [0.2, 0.25) is 0 Å². The summed E-state index contributed by atoms with van der Waals surface area (Å²) in [6.45, 7) is 1.48. The zero-order valence-corrected chi connectivity index (χ0v) is 6.92. The van der Waals surface area contributed by atoms with E-state index >= 15 is 0 Å². The van der Waals surface area contributed by atoms with Crippen molar-refractivity contribution in [1.29, 1.82) is 0 Å². The molecule has 0 saturated heterocycles. The molecule has 2 N–H and O–H groups in total. The maximum Gasteiger partial charge on any atom is 0.267 e. The molecule has 0 saturated carbocycles. The lowest BCUT2D eigenvalue weighted by Gasteiger charge is -2.07. The lowest BCUT2D eigenvalue weighted by atomic mass is 10.1. The molecule has 0 radical (unpaired) electrons. The van der Waals surface area contributed by atoms with Crippen molar-refractivity contribution in [2.45, 2.75) is 13.3 Å². The fourth-order valence-corrected chi connectivity index (χ4v) is 0.953. The van der Waals surface area contributed by atoms with Gasteiger partial charge in [0.25, 0.3) is 6.43 Å². The minimum absolute atomic E-state index is 0.0629. The molecule has 1 aromatic rings. The molecule has 0 aliphatic heterocycles. The van der Waals surface area contributed by atoms with Crippen LogP contribution in [0.4, 0.5) is 14.5 Å². The second-order valence-electron chi connectivity index (χ2n) is 2.56. The Morgan fingerprint density at radius 3 is 2.69 bits per heavy atom. The van der Waals surface area contributed by atoms with Gasteiger partial charge in [0.1, 0.15) is 5.69 Å². The third-order valence-electron chi connectivity index (χ3n) is 1.79. The van der Waals surface area contributed by atoms with Crippen molar-refractivity contribution < 1.29 is 13.6 Å². The number of aldehydes is 1. The summed E-state index contributed by atoms with van der Waals surface area (Å²) in [5.74, 6) is 0. The number of carbonyl (C=O) groups is 1. The van der Waals surface area contributed by atoms with Crippen molar-refractivity contribution in [2.24, 2.45) is 0 Å². The van der Waals surface area contributed by atoms with E-state index in [0.717, 1.165) is 6.20 Å². The van der Waals surface area contributed by atoms with E-state index in [1.165, 1.54) is 6.92 Å². The van der Waals surface area contributed by atoms with Crippen molar-refractivity contribution in [3.8, 4) is 0 Å². The summed E-state index contributed by atoms with van der Waals surface area (Å²) in [6.07, 6.45) is -1.25. The average Bonchev–Trinajstić information content (AvgIpc) is 2.09. The number of aromatic nitrogens is 1. The second kappa shape index (κ2) is 3.47. The summed E-state index contributed by atoms with van der Waals surface area (Å²) in [5, 5.41) is 0. The molecular weight excluding hydrogens is 178 g/mol. The highest BCUT2D eigenvalue weighted by Gasteiger charge is 2.15. The van der Waals surface area contributed by atoms with Gasteiger partial charge in [-0.25, -0.2) is 8.78 Å². The molecule has 1 heterocycles. The zero-order valence-electron chi connectivity index (χ0n) is 6.92. The van der Waals surface area contributed by atoms with Crippen LogP contribution in [-0.4, -0.2) is 11.3 Å². The van der Waals surface area contributed by atoms with Gasteiger partial charge in [0.05, 0.1) is 5.56 Å². The Kier molecular flexibility index (Phi) is 2.55. The highest BCUT2D eigenvalue weighted by Crippen LogP contribution is 2.27. The molecule has 1 aromatic heterocycles. The lowest BCUT2D eigenvalue weighted by Crippen LogP contribution is -2.03. The third-order valence-corrected chi connectivity index (χ3v) is 1.79. The third kappa shape index (κ3) is 1.63. The first kappa shape index (κ1) is 9.57. The number of halogens is 2. The number of hydrogen-bond acceptors (Lipinski definition) is 3. The molecule has 13 heavy (non-hydrogen) atoms. The first-order chi connectivity index (χ1) is 6.07. The summed E-state index contributed by atoms with van der Waals surface area (Å²) in [6, 6.07) is 0. The molecule has 0 aliphatic carbocycles. The van der Waals surface area contributed by atoms with Crippen LogP contribution in [0, 0.1) is 6.92 Å². The summed E-state index contributed by atoms with van der Waals surface area (Å²) >= 11 is 0. The molecule has 70 valence electrons. The van der Waals surface area contributed by atoms with Crippen molar-refractivity contribution in [2.75, 3.05) is 5.73 Å². The van der Waals surface area contributed by atoms with Gasteiger partial charge in [0, 0.05) is 17.4 Å². The van der Waals surface area contributed by atoms with Crippen molar-refractivity contribution in [3.05, 3.63) is 23.0 Å². The number of rotatable bonds is 2. The summed E-state index contributed by atoms with van der Waals surface area (Å²) in [5.41, 5.74) is 5.39. The van der Waals surface area contributed by atoms with Gasteiger partial charge in [-0.1, -0.05) is 0 Å². The Morgan fingerprint density at radius 2 is 2.23 bits per heavy atom. The van der Waals surface area contributed by atoms with E-state index in [1.807, 2.05) is 0 Å². The van der Waals surface area contributed by atoms with Gasteiger partial charge in [0.15, 0.2) is 6.29 Å². The first-order valence-corrected chi connectivity index (χ1v) is 3.56. The van der Waals surface area contributed by atoms with Gasteiger partial charge in [-0.15, -0.1) is 0 Å². The fourth-order valence-electron chi connectivity index (χ4n) is 0.953. The monoisotopic (exact) mass is 186 g/mol. The number of hydrogen-bond donors (Lipinski definition) is 1. The molecule has 1 rings (SSSR count). The van der Waals surface area contributed by atoms with Crippen LogP contribution in [0.15, 0.2) is 6.20 Å². The van der Waals surface area contributed by atoms with Gasteiger partial charge >= 0.3 is 0 Å². The maximum atomic E-state index is 12.2. The van der Waals surface area contributed by atoms with Crippen LogP contribution in [0.3, 0.4) is 0 Å². The van der Waals surface area contributed by atoms with Gasteiger partial charge in [-0.2, -0.15) is 0 Å². The Labute approximate surface area is 73.6 Å². The minimum atomic E-state index is -2.66. The van der Waals surface area contributed by atoms with E-state index < -0.39 is 6.43 Å². The molecule has 0 atom stereocenters. The summed E-state index contributed by atoms with van der Waals surface area (Å²) in [7, 11) is 0. The van der Waals surface area contributed by atoms with E-state index in [0.29, 0.717) is 11.8 Å². The van der Waals surface area contributed by atoms with E-state index in [-0.39, 0.29) is 16.9 Å². The van der Waals surface area contributed by atoms with Gasteiger partial charge < -0.3 is 5.73 Å². The van der Waals surface area contributed by atoms with Crippen LogP contribution in [0.5, 0.6) is 0 Å². The van der Waals surface area contributed by atoms with Crippen molar-refractivity contribution in [1.82, 2.24) is 4.98 Å². The molecule has 0 bridgehead atoms. The Hall–Kier alpha value is -1.52. The smallest absolute Gasteiger partial charge is 0.267 e. The zero-order chi connectivity index (χ0) is 10.0. The first-order valence-electron chi connectivity index (χ1n) is 3.56. The molecule has 0 aliphatic rings. The number of anilines is 1. The summed E-state index contributed by atoms with van der Waals surface area (Å²) < 4.78 is 24.5. The van der Waals surface area contributed by atoms with E-state index in [2.05, 4.69) is 4.98 Å². The second-order valence-corrected chi connectivity index (χ2v) is 2.56. The topological polar surface area (TPSA) is 56.0 Å². The minimum Gasteiger partial charge on any atom is -0.398 e. The predicted molar refractivity (Wildman–Crippen MR) is 43.7 cm³/mol. The standard InChI is InChI=1S/C8H8F2N2O/c1-4-6(3-13)12-2-5(7(4)11)8(9)10/h2-3,8H,1H3,(H2,11,12). The fraction of sp³-hybridized carbons (Fsp3) is 0.250. The molecular formula is C8H8F2N2O. The lowest BCUT2D eigenvalue weighted by molar-refractivity contribution is 0.111. The van der Waals surface area contributed by atoms with Crippen LogP contribution >= 0.6 is 0 Å². The van der Waals surface area contributed by atoms with Crippen LogP contribution in [0.1, 0.15) is 28.0 Å². The normalized spacial score (nSPS) is 10.5. The number of alkyl halides is 2. The van der Waals surface area contributed by atoms with Crippen LogP contribution < -0.4 is 5.73 Å². The van der Waals surface area contributed by atoms with Gasteiger partial charge in [0.2, 0.25) is 0 Å². The Balaban J connectivity index is 3.31. The van der Waals surface area contributed by atoms with Crippen LogP contribution in [-0.2, 0) is 0 Å². The Morgan fingerprint density at radius 1 is 1.62 bits per heavy atom. The van der Waals surface area contributed by atoms with Gasteiger partial charge in [-0.3, -0.25) is 9.78 Å². The highest BCUT2D eigenvalue weighted by atomic mass is 19.3. The number of carbonyl (C=O) groups excluding carboxylic acids is 1. The van der Waals surface area contributed by atoms with E-state index in [4.69, 9.17) is 5.73 Å². The maximum absolute atomic E-state index is 12.2. The molecule has 0 unspecified atom stereocenters. The number of nitrogen functional groups attached to an aromatic ring is 1. The predicted octanol–water partition coefficient (Wildman–Crippen LogP) is 1.72. The average molecular weight is 186 g/mol. The van der Waals surface area contributed by atoms with Crippen molar-refractivity contribution in [3.63, 3.8) is 0 Å². The van der Waals surface area contributed by atoms with Gasteiger partial charge in [-0.05, 0) is 6.92 Å². The largest absolute Gasteiger partial charge is 0.398 e.